The van der Waals surface area contributed by atoms with Crippen LogP contribution >= 0.6 is 11.6 Å². The molecule has 37 heavy (non-hydrogen) atoms. The van der Waals surface area contributed by atoms with Crippen molar-refractivity contribution in [3.8, 4) is 5.75 Å². The number of nitrogens with one attached hydrogen (secondary N) is 1. The van der Waals surface area contributed by atoms with Crippen LogP contribution in [-0.4, -0.2) is 61.3 Å². The van der Waals surface area contributed by atoms with E-state index in [2.05, 4.69) is 0 Å². The van der Waals surface area contributed by atoms with Crippen molar-refractivity contribution in [1.82, 2.24) is 9.03 Å². The predicted molar refractivity (Wildman–Crippen MR) is 127 cm³/mol. The Hall–Kier alpha value is -1.91. The molecule has 0 radical (unpaired) electrons. The first kappa shape index (κ1) is 28.1. The van der Waals surface area contributed by atoms with Gasteiger partial charge in [-0.15, -0.1) is 0 Å². The van der Waals surface area contributed by atoms with E-state index in [1.54, 1.807) is 4.72 Å². The standard InChI is InChI=1S/C21H22ClF3N2O7S3/c1-34-15-3-5-16(6-4-15)35(28,29)18-12-14(22)2-7-17(18)36(30,31)27-10-8-20(9-11-27)13-19(20)26-37(32,33)21(23,24)25/h2-7,12,19,26H,8-11,13H2,1H3. The Labute approximate surface area is 217 Å². The fourth-order valence-corrected chi connectivity index (χ4v) is 9.00. The van der Waals surface area contributed by atoms with Gasteiger partial charge in [-0.3, -0.25) is 0 Å². The Morgan fingerprint density at radius 3 is 2.11 bits per heavy atom. The third-order valence-electron chi connectivity index (χ3n) is 6.69. The Bertz CT molecular complexity index is 1520. The third-order valence-corrected chi connectivity index (χ3v) is 12.0. The molecule has 1 unspecified atom stereocenters. The van der Waals surface area contributed by atoms with Crippen LogP contribution in [0.1, 0.15) is 19.3 Å². The van der Waals surface area contributed by atoms with Crippen molar-refractivity contribution in [2.24, 2.45) is 5.41 Å². The first-order valence-corrected chi connectivity index (χ1v) is 15.6. The van der Waals surface area contributed by atoms with Crippen LogP contribution in [0, 0.1) is 5.41 Å². The summed E-state index contributed by atoms with van der Waals surface area (Å²) in [6.45, 7) is -0.255. The minimum atomic E-state index is -5.52. The number of alkyl halides is 3. The quantitative estimate of drug-likeness (QED) is 0.516. The first-order valence-electron chi connectivity index (χ1n) is 10.8. The lowest BCUT2D eigenvalue weighted by atomic mass is 9.94. The molecule has 0 amide bonds. The summed E-state index contributed by atoms with van der Waals surface area (Å²) in [5, 5.41) is 0.00130. The molecule has 0 bridgehead atoms. The van der Waals surface area contributed by atoms with E-state index in [1.165, 1.54) is 37.4 Å². The summed E-state index contributed by atoms with van der Waals surface area (Å²) in [5.74, 6) is 0.399. The highest BCUT2D eigenvalue weighted by atomic mass is 35.5. The Morgan fingerprint density at radius 1 is 0.973 bits per heavy atom. The Balaban J connectivity index is 1.58. The van der Waals surface area contributed by atoms with E-state index in [1.807, 2.05) is 0 Å². The van der Waals surface area contributed by atoms with E-state index in [4.69, 9.17) is 16.3 Å². The number of methoxy groups -OCH3 is 1. The average Bonchev–Trinajstić information content (AvgIpc) is 3.47. The molecule has 1 aliphatic carbocycles. The zero-order valence-electron chi connectivity index (χ0n) is 19.2. The molecule has 16 heteroatoms. The summed E-state index contributed by atoms with van der Waals surface area (Å²) in [5.41, 5.74) is -6.23. The number of piperidine rings is 1. The topological polar surface area (TPSA) is 127 Å². The molecule has 2 fully saturated rings. The van der Waals surface area contributed by atoms with Crippen molar-refractivity contribution in [3.63, 3.8) is 0 Å². The number of benzene rings is 2. The summed E-state index contributed by atoms with van der Waals surface area (Å²) in [4.78, 5) is -1.19. The van der Waals surface area contributed by atoms with Gasteiger partial charge in [0.2, 0.25) is 19.9 Å². The summed E-state index contributed by atoms with van der Waals surface area (Å²) in [6, 6.07) is 7.79. The molecule has 2 aromatic rings. The highest BCUT2D eigenvalue weighted by Gasteiger charge is 2.60. The number of nitrogens with zero attached hydrogens (tertiary/aromatic N) is 1. The van der Waals surface area contributed by atoms with Crippen molar-refractivity contribution in [2.45, 2.75) is 45.5 Å². The van der Waals surface area contributed by atoms with Gasteiger partial charge < -0.3 is 4.74 Å². The van der Waals surface area contributed by atoms with Gasteiger partial charge in [0.15, 0.2) is 0 Å². The highest BCUT2D eigenvalue weighted by molar-refractivity contribution is 7.93. The molecule has 1 spiro atoms. The molecule has 4 rings (SSSR count). The number of sulfone groups is 1. The fraction of sp³-hybridized carbons (Fsp3) is 0.429. The molecule has 0 aromatic heterocycles. The summed E-state index contributed by atoms with van der Waals surface area (Å²) < 4.78 is 122. The molecule has 1 atom stereocenters. The molecule has 9 nitrogen and oxygen atoms in total. The van der Waals surface area contributed by atoms with Crippen LogP contribution < -0.4 is 9.46 Å². The van der Waals surface area contributed by atoms with Crippen LogP contribution in [0.2, 0.25) is 5.02 Å². The number of ether oxygens (including phenoxy) is 1. The molecular formula is C21H22ClF3N2O7S3. The average molecular weight is 603 g/mol. The molecule has 1 N–H and O–H groups in total. The van der Waals surface area contributed by atoms with Gasteiger partial charge in [-0.25, -0.2) is 30.0 Å². The molecule has 1 saturated heterocycles. The second-order valence-corrected chi connectivity index (χ2v) is 14.8. The summed E-state index contributed by atoms with van der Waals surface area (Å²) in [7, 11) is -12.8. The zero-order chi connectivity index (χ0) is 27.4. The van der Waals surface area contributed by atoms with E-state index >= 15 is 0 Å². The van der Waals surface area contributed by atoms with Gasteiger partial charge in [0.25, 0.3) is 0 Å². The van der Waals surface area contributed by atoms with Crippen LogP contribution in [0.15, 0.2) is 57.2 Å². The number of hydrogen-bond donors (Lipinski definition) is 1. The van der Waals surface area contributed by atoms with E-state index in [-0.39, 0.29) is 42.3 Å². The van der Waals surface area contributed by atoms with Gasteiger partial charge in [-0.05, 0) is 67.1 Å². The Kier molecular flexibility index (Phi) is 7.12. The van der Waals surface area contributed by atoms with Gasteiger partial charge in [0.1, 0.15) is 10.6 Å². The van der Waals surface area contributed by atoms with Crippen LogP contribution in [0.25, 0.3) is 0 Å². The first-order chi connectivity index (χ1) is 17.0. The van der Waals surface area contributed by atoms with Crippen LogP contribution in [0.4, 0.5) is 13.2 Å². The monoisotopic (exact) mass is 602 g/mol. The molecule has 2 aliphatic rings. The molecule has 204 valence electrons. The van der Waals surface area contributed by atoms with Crippen molar-refractivity contribution in [1.29, 1.82) is 0 Å². The SMILES string of the molecule is COc1ccc(S(=O)(=O)c2cc(Cl)ccc2S(=O)(=O)N2CCC3(CC2)CC3NS(=O)(=O)C(F)(F)F)cc1. The maximum Gasteiger partial charge on any atom is 0.511 e. The van der Waals surface area contributed by atoms with E-state index in [0.29, 0.717) is 5.75 Å². The number of hydrogen-bond acceptors (Lipinski definition) is 7. The molecular weight excluding hydrogens is 581 g/mol. The van der Waals surface area contributed by atoms with E-state index in [0.717, 1.165) is 16.4 Å². The smallest absolute Gasteiger partial charge is 0.497 e. The largest absolute Gasteiger partial charge is 0.511 e. The zero-order valence-corrected chi connectivity index (χ0v) is 22.4. The highest BCUT2D eigenvalue weighted by Crippen LogP contribution is 2.55. The predicted octanol–water partition coefficient (Wildman–Crippen LogP) is 3.16. The minimum absolute atomic E-state index is 0.00130. The van der Waals surface area contributed by atoms with Crippen LogP contribution in [0.5, 0.6) is 5.75 Å². The molecule has 2 aromatic carbocycles. The van der Waals surface area contributed by atoms with Crippen molar-refractivity contribution in [3.05, 3.63) is 47.5 Å². The number of rotatable bonds is 7. The maximum atomic E-state index is 13.5. The van der Waals surface area contributed by atoms with Crippen LogP contribution in [-0.2, 0) is 29.9 Å². The maximum absolute atomic E-state index is 13.5. The summed E-state index contributed by atoms with van der Waals surface area (Å²) in [6.07, 6.45) is 0.352. The minimum Gasteiger partial charge on any atom is -0.497 e. The number of sulfonamides is 2. The van der Waals surface area contributed by atoms with E-state index < -0.39 is 56.6 Å². The van der Waals surface area contributed by atoms with Gasteiger partial charge >= 0.3 is 15.5 Å². The lowest BCUT2D eigenvalue weighted by Crippen LogP contribution is -2.44. The lowest BCUT2D eigenvalue weighted by Gasteiger charge is -2.32. The molecule has 1 aliphatic heterocycles. The van der Waals surface area contributed by atoms with Crippen molar-refractivity contribution in [2.75, 3.05) is 20.2 Å². The Morgan fingerprint density at radius 2 is 1.57 bits per heavy atom. The van der Waals surface area contributed by atoms with Crippen molar-refractivity contribution < 1.29 is 43.2 Å². The van der Waals surface area contributed by atoms with Crippen molar-refractivity contribution >= 4 is 41.5 Å². The van der Waals surface area contributed by atoms with E-state index in [9.17, 15) is 38.4 Å². The second-order valence-electron chi connectivity index (χ2n) is 8.86. The van der Waals surface area contributed by atoms with Gasteiger partial charge in [0, 0.05) is 24.2 Å². The van der Waals surface area contributed by atoms with Gasteiger partial charge in [-0.1, -0.05) is 11.6 Å². The van der Waals surface area contributed by atoms with Gasteiger partial charge in [-0.2, -0.15) is 17.5 Å². The fourth-order valence-electron chi connectivity index (χ4n) is 4.42. The molecule has 1 saturated carbocycles. The third kappa shape index (κ3) is 5.21. The van der Waals surface area contributed by atoms with Gasteiger partial charge in [0.05, 0.1) is 16.9 Å². The lowest BCUT2D eigenvalue weighted by molar-refractivity contribution is -0.0449. The number of halogens is 4. The normalized spacial score (nSPS) is 20.6. The second kappa shape index (κ2) is 9.38. The molecule has 1 heterocycles. The van der Waals surface area contributed by atoms with Crippen LogP contribution in [0.3, 0.4) is 0 Å². The summed E-state index contributed by atoms with van der Waals surface area (Å²) >= 11 is 6.01.